The summed E-state index contributed by atoms with van der Waals surface area (Å²) in [6, 6.07) is 13.2. The van der Waals surface area contributed by atoms with Gasteiger partial charge < -0.3 is 5.32 Å². The molecule has 4 nitrogen and oxygen atoms in total. The largest absolute Gasteiger partial charge is 0.324 e. The van der Waals surface area contributed by atoms with Crippen LogP contribution in [0.3, 0.4) is 0 Å². The standard InChI is InChI=1S/C18H17Cl2N3OS/c1-11(18-22-13-7-3-4-9-15(13)25-18)23(2)10-16(24)21-14-8-5-6-12(19)17(14)20/h3-9,11H,10H2,1-2H3,(H,21,24)/t11-/m1/s1. The number of aromatic nitrogens is 1. The van der Waals surface area contributed by atoms with Gasteiger partial charge in [-0.15, -0.1) is 11.3 Å². The van der Waals surface area contributed by atoms with E-state index in [0.717, 1.165) is 15.2 Å². The lowest BCUT2D eigenvalue weighted by molar-refractivity contribution is -0.117. The molecule has 1 heterocycles. The first-order valence-electron chi connectivity index (χ1n) is 7.75. The number of para-hydroxylation sites is 1. The third kappa shape index (κ3) is 4.12. The summed E-state index contributed by atoms with van der Waals surface area (Å²) in [4.78, 5) is 18.9. The molecule has 3 aromatic rings. The minimum Gasteiger partial charge on any atom is -0.324 e. The monoisotopic (exact) mass is 393 g/mol. The van der Waals surface area contributed by atoms with Crippen LogP contribution in [-0.4, -0.2) is 29.4 Å². The Morgan fingerprint density at radius 2 is 2.00 bits per heavy atom. The molecule has 2 aromatic carbocycles. The van der Waals surface area contributed by atoms with Crippen molar-refractivity contribution in [1.29, 1.82) is 0 Å². The molecule has 0 aliphatic heterocycles. The Morgan fingerprint density at radius 1 is 1.24 bits per heavy atom. The van der Waals surface area contributed by atoms with E-state index in [2.05, 4.69) is 16.4 Å². The number of halogens is 2. The van der Waals surface area contributed by atoms with Crippen LogP contribution in [0.2, 0.25) is 10.0 Å². The summed E-state index contributed by atoms with van der Waals surface area (Å²) in [5.74, 6) is -0.153. The molecule has 1 atom stereocenters. The van der Waals surface area contributed by atoms with Crippen LogP contribution < -0.4 is 5.32 Å². The Morgan fingerprint density at radius 3 is 2.76 bits per heavy atom. The number of benzene rings is 2. The fourth-order valence-corrected chi connectivity index (χ4v) is 3.84. The summed E-state index contributed by atoms with van der Waals surface area (Å²) in [5, 5.41) is 4.54. The lowest BCUT2D eigenvalue weighted by Gasteiger charge is -2.22. The predicted molar refractivity (Wildman–Crippen MR) is 106 cm³/mol. The first-order chi connectivity index (χ1) is 12.0. The van der Waals surface area contributed by atoms with E-state index in [0.29, 0.717) is 15.7 Å². The topological polar surface area (TPSA) is 45.2 Å². The molecule has 130 valence electrons. The van der Waals surface area contributed by atoms with Crippen LogP contribution in [-0.2, 0) is 4.79 Å². The van der Waals surface area contributed by atoms with Gasteiger partial charge in [-0.1, -0.05) is 41.4 Å². The Labute approximate surface area is 160 Å². The number of hydrogen-bond donors (Lipinski definition) is 1. The van der Waals surface area contributed by atoms with Crippen molar-refractivity contribution in [3.63, 3.8) is 0 Å². The number of nitrogens with zero attached hydrogens (tertiary/aromatic N) is 2. The maximum Gasteiger partial charge on any atom is 0.238 e. The molecule has 1 N–H and O–H groups in total. The molecule has 0 fully saturated rings. The molecule has 0 bridgehead atoms. The van der Waals surface area contributed by atoms with Crippen LogP contribution in [0, 0.1) is 0 Å². The molecule has 3 rings (SSSR count). The number of carbonyl (C=O) groups is 1. The van der Waals surface area contributed by atoms with E-state index in [1.807, 2.05) is 37.1 Å². The molecule has 0 aliphatic rings. The number of likely N-dealkylation sites (N-methyl/N-ethyl adjacent to an activating group) is 1. The van der Waals surface area contributed by atoms with E-state index < -0.39 is 0 Å². The van der Waals surface area contributed by atoms with Gasteiger partial charge in [0.25, 0.3) is 0 Å². The maximum atomic E-state index is 12.3. The van der Waals surface area contributed by atoms with Crippen molar-refractivity contribution in [2.24, 2.45) is 0 Å². The van der Waals surface area contributed by atoms with Crippen LogP contribution in [0.25, 0.3) is 10.2 Å². The number of carbonyl (C=O) groups excluding carboxylic acids is 1. The van der Waals surface area contributed by atoms with E-state index in [9.17, 15) is 4.79 Å². The Bertz CT molecular complexity index is 879. The molecule has 0 radical (unpaired) electrons. The summed E-state index contributed by atoms with van der Waals surface area (Å²) in [6.07, 6.45) is 0. The zero-order valence-corrected chi connectivity index (χ0v) is 16.1. The normalized spacial score (nSPS) is 12.5. The highest BCUT2D eigenvalue weighted by atomic mass is 35.5. The summed E-state index contributed by atoms with van der Waals surface area (Å²) in [5.41, 5.74) is 1.50. The van der Waals surface area contributed by atoms with Crippen molar-refractivity contribution in [3.05, 3.63) is 57.5 Å². The van der Waals surface area contributed by atoms with Crippen molar-refractivity contribution in [2.75, 3.05) is 18.9 Å². The molecule has 25 heavy (non-hydrogen) atoms. The van der Waals surface area contributed by atoms with E-state index in [1.165, 1.54) is 0 Å². The third-order valence-corrected chi connectivity index (χ3v) is 5.97. The van der Waals surface area contributed by atoms with Crippen molar-refractivity contribution in [2.45, 2.75) is 13.0 Å². The van der Waals surface area contributed by atoms with Gasteiger partial charge >= 0.3 is 0 Å². The van der Waals surface area contributed by atoms with Crippen LogP contribution in [0.15, 0.2) is 42.5 Å². The van der Waals surface area contributed by atoms with Crippen molar-refractivity contribution in [1.82, 2.24) is 9.88 Å². The quantitative estimate of drug-likeness (QED) is 0.644. The highest BCUT2D eigenvalue weighted by molar-refractivity contribution is 7.18. The summed E-state index contributed by atoms with van der Waals surface area (Å²) >= 11 is 13.7. The van der Waals surface area contributed by atoms with Gasteiger partial charge in [0.2, 0.25) is 5.91 Å². The van der Waals surface area contributed by atoms with E-state index in [-0.39, 0.29) is 18.5 Å². The van der Waals surface area contributed by atoms with Gasteiger partial charge in [0.15, 0.2) is 0 Å². The first kappa shape index (κ1) is 18.1. The second kappa shape index (κ2) is 7.70. The fourth-order valence-electron chi connectivity index (χ4n) is 2.41. The van der Waals surface area contributed by atoms with Gasteiger partial charge in [0.05, 0.1) is 38.5 Å². The number of rotatable bonds is 5. The van der Waals surface area contributed by atoms with Crippen molar-refractivity contribution < 1.29 is 4.79 Å². The van der Waals surface area contributed by atoms with E-state index in [4.69, 9.17) is 23.2 Å². The van der Waals surface area contributed by atoms with Crippen molar-refractivity contribution >= 4 is 56.3 Å². The van der Waals surface area contributed by atoms with Gasteiger partial charge in [-0.2, -0.15) is 0 Å². The maximum absolute atomic E-state index is 12.3. The molecule has 7 heteroatoms. The summed E-state index contributed by atoms with van der Waals surface area (Å²) < 4.78 is 1.15. The average molecular weight is 394 g/mol. The van der Waals surface area contributed by atoms with Gasteiger partial charge in [0, 0.05) is 0 Å². The zero-order chi connectivity index (χ0) is 18.0. The number of amides is 1. The molecule has 0 unspecified atom stereocenters. The smallest absolute Gasteiger partial charge is 0.238 e. The number of nitrogens with one attached hydrogen (secondary N) is 1. The number of fused-ring (bicyclic) bond motifs is 1. The molecule has 0 aliphatic carbocycles. The molecule has 1 aromatic heterocycles. The average Bonchev–Trinajstić information content (AvgIpc) is 3.02. The lowest BCUT2D eigenvalue weighted by atomic mass is 10.3. The second-order valence-electron chi connectivity index (χ2n) is 5.76. The molecule has 0 saturated heterocycles. The molecular formula is C18H17Cl2N3OS. The van der Waals surface area contributed by atoms with Crippen LogP contribution >= 0.6 is 34.5 Å². The Hall–Kier alpha value is -1.66. The SMILES string of the molecule is C[C@H](c1nc2ccccc2s1)N(C)CC(=O)Nc1cccc(Cl)c1Cl. The number of hydrogen-bond acceptors (Lipinski definition) is 4. The molecule has 0 saturated carbocycles. The third-order valence-electron chi connectivity index (χ3n) is 3.95. The highest BCUT2D eigenvalue weighted by Gasteiger charge is 2.19. The second-order valence-corrected chi connectivity index (χ2v) is 7.61. The van der Waals surface area contributed by atoms with Crippen molar-refractivity contribution in [3.8, 4) is 0 Å². The summed E-state index contributed by atoms with van der Waals surface area (Å²) in [7, 11) is 1.90. The lowest BCUT2D eigenvalue weighted by Crippen LogP contribution is -2.32. The molecule has 0 spiro atoms. The van der Waals surface area contributed by atoms with Crippen LogP contribution in [0.5, 0.6) is 0 Å². The van der Waals surface area contributed by atoms with Gasteiger partial charge in [-0.25, -0.2) is 4.98 Å². The van der Waals surface area contributed by atoms with Gasteiger partial charge in [-0.3, -0.25) is 9.69 Å². The number of thiazole rings is 1. The van der Waals surface area contributed by atoms with E-state index in [1.54, 1.807) is 29.5 Å². The zero-order valence-electron chi connectivity index (χ0n) is 13.8. The van der Waals surface area contributed by atoms with Gasteiger partial charge in [0.1, 0.15) is 5.01 Å². The van der Waals surface area contributed by atoms with Crippen LogP contribution in [0.4, 0.5) is 5.69 Å². The fraction of sp³-hybridized carbons (Fsp3) is 0.222. The minimum atomic E-state index is -0.153. The Balaban J connectivity index is 1.67. The molecule has 1 amide bonds. The highest BCUT2D eigenvalue weighted by Crippen LogP contribution is 2.30. The minimum absolute atomic E-state index is 0.0259. The van der Waals surface area contributed by atoms with Gasteiger partial charge in [-0.05, 0) is 38.2 Å². The molecular weight excluding hydrogens is 377 g/mol. The number of anilines is 1. The van der Waals surface area contributed by atoms with Crippen LogP contribution in [0.1, 0.15) is 18.0 Å². The summed E-state index contributed by atoms with van der Waals surface area (Å²) in [6.45, 7) is 2.26. The predicted octanol–water partition coefficient (Wildman–Crippen LogP) is 5.23. The van der Waals surface area contributed by atoms with E-state index >= 15 is 0 Å². The Kier molecular flexibility index (Phi) is 5.59. The first-order valence-corrected chi connectivity index (χ1v) is 9.32.